The van der Waals surface area contributed by atoms with Gasteiger partial charge < -0.3 is 19.5 Å². The van der Waals surface area contributed by atoms with Crippen LogP contribution in [-0.4, -0.2) is 64.2 Å². The zero-order valence-electron chi connectivity index (χ0n) is 17.7. The van der Waals surface area contributed by atoms with Crippen molar-refractivity contribution in [1.82, 2.24) is 9.62 Å². The van der Waals surface area contributed by atoms with Gasteiger partial charge in [-0.2, -0.15) is 4.31 Å². The summed E-state index contributed by atoms with van der Waals surface area (Å²) in [6, 6.07) is 13.4. The van der Waals surface area contributed by atoms with Crippen molar-refractivity contribution in [2.24, 2.45) is 0 Å². The summed E-state index contributed by atoms with van der Waals surface area (Å²) >= 11 is 0. The van der Waals surface area contributed by atoms with Crippen LogP contribution in [0.3, 0.4) is 0 Å². The Morgan fingerprint density at radius 1 is 1.10 bits per heavy atom. The second-order valence-electron chi connectivity index (χ2n) is 7.25. The molecule has 31 heavy (non-hydrogen) atoms. The summed E-state index contributed by atoms with van der Waals surface area (Å²) in [6.07, 6.45) is -0.0349. The minimum atomic E-state index is -3.53. The zero-order chi connectivity index (χ0) is 22.3. The van der Waals surface area contributed by atoms with Crippen molar-refractivity contribution >= 4 is 15.9 Å². The van der Waals surface area contributed by atoms with Crippen LogP contribution in [0.15, 0.2) is 53.4 Å². The molecule has 1 saturated heterocycles. The number of amides is 1. The lowest BCUT2D eigenvalue weighted by atomic mass is 10.2. The van der Waals surface area contributed by atoms with Crippen LogP contribution in [-0.2, 0) is 14.8 Å². The number of carbonyl (C=O) groups excluding carboxylic acids is 1. The third-order valence-electron chi connectivity index (χ3n) is 4.58. The van der Waals surface area contributed by atoms with Crippen molar-refractivity contribution in [2.75, 3.05) is 39.5 Å². The third kappa shape index (κ3) is 6.19. The Balaban J connectivity index is 1.50. The van der Waals surface area contributed by atoms with Gasteiger partial charge in [0.15, 0.2) is 0 Å². The lowest BCUT2D eigenvalue weighted by Crippen LogP contribution is -2.40. The monoisotopic (exact) mass is 448 g/mol. The van der Waals surface area contributed by atoms with Crippen LogP contribution in [0.5, 0.6) is 11.5 Å². The molecule has 0 radical (unpaired) electrons. The Bertz CT molecular complexity index is 970. The molecule has 9 heteroatoms. The minimum absolute atomic E-state index is 0.0349. The van der Waals surface area contributed by atoms with Crippen molar-refractivity contribution in [1.29, 1.82) is 0 Å². The van der Waals surface area contributed by atoms with Crippen LogP contribution in [0.25, 0.3) is 0 Å². The van der Waals surface area contributed by atoms with Gasteiger partial charge in [-0.1, -0.05) is 12.1 Å². The van der Waals surface area contributed by atoms with Crippen molar-refractivity contribution in [3.8, 4) is 11.5 Å². The molecule has 1 fully saturated rings. The van der Waals surface area contributed by atoms with Gasteiger partial charge in [-0.25, -0.2) is 8.42 Å². The average molecular weight is 449 g/mol. The SMILES string of the molecule is CC(C)Oc1ccccc1C(=O)NCCOc1ccc(S(=O)(=O)N2CCOCC2)cc1. The Morgan fingerprint density at radius 2 is 1.77 bits per heavy atom. The summed E-state index contributed by atoms with van der Waals surface area (Å²) in [7, 11) is -3.53. The molecule has 1 N–H and O–H groups in total. The smallest absolute Gasteiger partial charge is 0.255 e. The normalized spacial score (nSPS) is 14.9. The number of rotatable bonds is 9. The Morgan fingerprint density at radius 3 is 2.45 bits per heavy atom. The predicted molar refractivity (Wildman–Crippen MR) is 116 cm³/mol. The average Bonchev–Trinajstić information content (AvgIpc) is 2.77. The number of para-hydroxylation sites is 1. The van der Waals surface area contributed by atoms with E-state index < -0.39 is 10.0 Å². The van der Waals surface area contributed by atoms with Crippen molar-refractivity contribution in [2.45, 2.75) is 24.8 Å². The highest BCUT2D eigenvalue weighted by Crippen LogP contribution is 2.21. The first-order chi connectivity index (χ1) is 14.9. The van der Waals surface area contributed by atoms with Crippen molar-refractivity contribution in [3.05, 3.63) is 54.1 Å². The van der Waals surface area contributed by atoms with Crippen LogP contribution < -0.4 is 14.8 Å². The van der Waals surface area contributed by atoms with Crippen LogP contribution in [0.1, 0.15) is 24.2 Å². The highest BCUT2D eigenvalue weighted by atomic mass is 32.2. The lowest BCUT2D eigenvalue weighted by Gasteiger charge is -2.26. The number of hydrogen-bond donors (Lipinski definition) is 1. The van der Waals surface area contributed by atoms with Gasteiger partial charge in [0.1, 0.15) is 18.1 Å². The van der Waals surface area contributed by atoms with Crippen molar-refractivity contribution < 1.29 is 27.4 Å². The molecule has 1 heterocycles. The molecular formula is C22H28N2O6S. The van der Waals surface area contributed by atoms with Crippen LogP contribution >= 0.6 is 0 Å². The molecular weight excluding hydrogens is 420 g/mol. The predicted octanol–water partition coefficient (Wildman–Crippen LogP) is 2.30. The summed E-state index contributed by atoms with van der Waals surface area (Å²) in [5.74, 6) is 0.818. The second kappa shape index (κ2) is 10.6. The number of nitrogens with zero attached hydrogens (tertiary/aromatic N) is 1. The van der Waals surface area contributed by atoms with E-state index in [2.05, 4.69) is 5.32 Å². The molecule has 2 aromatic carbocycles. The fourth-order valence-corrected chi connectivity index (χ4v) is 4.49. The van der Waals surface area contributed by atoms with E-state index in [-0.39, 0.29) is 23.5 Å². The standard InChI is InChI=1S/C22H28N2O6S/c1-17(2)30-21-6-4-3-5-20(21)22(25)23-11-14-29-18-7-9-19(10-8-18)31(26,27)24-12-15-28-16-13-24/h3-10,17H,11-16H2,1-2H3,(H,23,25). The number of nitrogens with one attached hydrogen (secondary N) is 1. The molecule has 0 aromatic heterocycles. The number of carbonyl (C=O) groups is 1. The van der Waals surface area contributed by atoms with Crippen LogP contribution in [0.4, 0.5) is 0 Å². The molecule has 168 valence electrons. The zero-order valence-corrected chi connectivity index (χ0v) is 18.6. The van der Waals surface area contributed by atoms with E-state index in [0.29, 0.717) is 49.9 Å². The maximum Gasteiger partial charge on any atom is 0.255 e. The molecule has 2 aromatic rings. The number of hydrogen-bond acceptors (Lipinski definition) is 6. The highest BCUT2D eigenvalue weighted by Gasteiger charge is 2.26. The van der Waals surface area contributed by atoms with E-state index in [0.717, 1.165) is 0 Å². The molecule has 0 spiro atoms. The van der Waals surface area contributed by atoms with E-state index in [1.807, 2.05) is 19.9 Å². The first-order valence-corrected chi connectivity index (χ1v) is 11.7. The largest absolute Gasteiger partial charge is 0.492 e. The van der Waals surface area contributed by atoms with Gasteiger partial charge in [0, 0.05) is 13.1 Å². The van der Waals surface area contributed by atoms with Gasteiger partial charge >= 0.3 is 0 Å². The minimum Gasteiger partial charge on any atom is -0.492 e. The Kier molecular flexibility index (Phi) is 7.89. The molecule has 1 amide bonds. The quantitative estimate of drug-likeness (QED) is 0.592. The first kappa shape index (κ1) is 23.1. The summed E-state index contributed by atoms with van der Waals surface area (Å²) in [5, 5.41) is 2.80. The molecule has 0 unspecified atom stereocenters. The molecule has 0 saturated carbocycles. The third-order valence-corrected chi connectivity index (χ3v) is 6.50. The van der Waals surface area contributed by atoms with E-state index in [1.165, 1.54) is 16.4 Å². The number of benzene rings is 2. The molecule has 1 aliphatic rings. The van der Waals surface area contributed by atoms with Crippen LogP contribution in [0, 0.1) is 0 Å². The Labute approximate surface area is 183 Å². The Hall–Kier alpha value is -2.62. The molecule has 1 aliphatic heterocycles. The van der Waals surface area contributed by atoms with Gasteiger partial charge in [-0.15, -0.1) is 0 Å². The highest BCUT2D eigenvalue weighted by molar-refractivity contribution is 7.89. The molecule has 0 aliphatic carbocycles. The van der Waals surface area contributed by atoms with Gasteiger partial charge in [-0.3, -0.25) is 4.79 Å². The molecule has 0 bridgehead atoms. The van der Waals surface area contributed by atoms with Gasteiger partial charge in [-0.05, 0) is 50.2 Å². The molecule has 3 rings (SSSR count). The first-order valence-electron chi connectivity index (χ1n) is 10.2. The topological polar surface area (TPSA) is 94.2 Å². The number of sulfonamides is 1. The second-order valence-corrected chi connectivity index (χ2v) is 9.19. The fourth-order valence-electron chi connectivity index (χ4n) is 3.08. The summed E-state index contributed by atoms with van der Waals surface area (Å²) in [4.78, 5) is 12.7. The number of morpholine rings is 1. The lowest BCUT2D eigenvalue weighted by molar-refractivity contribution is 0.0730. The number of ether oxygens (including phenoxy) is 3. The fraction of sp³-hybridized carbons (Fsp3) is 0.409. The van der Waals surface area contributed by atoms with E-state index >= 15 is 0 Å². The van der Waals surface area contributed by atoms with E-state index in [4.69, 9.17) is 14.2 Å². The van der Waals surface area contributed by atoms with Gasteiger partial charge in [0.05, 0.1) is 36.3 Å². The summed E-state index contributed by atoms with van der Waals surface area (Å²) in [5.41, 5.74) is 0.467. The van der Waals surface area contributed by atoms with E-state index in [9.17, 15) is 13.2 Å². The maximum atomic E-state index is 12.6. The molecule has 8 nitrogen and oxygen atoms in total. The van der Waals surface area contributed by atoms with Gasteiger partial charge in [0.2, 0.25) is 10.0 Å². The summed E-state index contributed by atoms with van der Waals surface area (Å²) in [6.45, 7) is 5.86. The maximum absolute atomic E-state index is 12.6. The summed E-state index contributed by atoms with van der Waals surface area (Å²) < 4.78 is 43.2. The van der Waals surface area contributed by atoms with Crippen LogP contribution in [0.2, 0.25) is 0 Å². The van der Waals surface area contributed by atoms with E-state index in [1.54, 1.807) is 30.3 Å². The van der Waals surface area contributed by atoms with Crippen molar-refractivity contribution in [3.63, 3.8) is 0 Å². The van der Waals surface area contributed by atoms with Gasteiger partial charge in [0.25, 0.3) is 5.91 Å². The molecule has 0 atom stereocenters.